The molecular formula is C18H16Cl2N2O4. The van der Waals surface area contributed by atoms with Crippen molar-refractivity contribution in [1.82, 2.24) is 0 Å². The van der Waals surface area contributed by atoms with Crippen LogP contribution in [0, 0.1) is 0 Å². The van der Waals surface area contributed by atoms with E-state index in [0.717, 1.165) is 5.69 Å². The van der Waals surface area contributed by atoms with Crippen LogP contribution in [0.25, 0.3) is 0 Å². The van der Waals surface area contributed by atoms with Gasteiger partial charge < -0.3 is 19.7 Å². The van der Waals surface area contributed by atoms with Gasteiger partial charge in [0.1, 0.15) is 12.2 Å². The fourth-order valence-electron chi connectivity index (χ4n) is 2.65. The van der Waals surface area contributed by atoms with Crippen LogP contribution in [-0.4, -0.2) is 38.7 Å². The number of anilines is 2. The summed E-state index contributed by atoms with van der Waals surface area (Å²) in [6, 6.07) is 10.0. The largest absolute Gasteiger partial charge is 0.494 e. The third kappa shape index (κ3) is 3.77. The number of amides is 2. The van der Waals surface area contributed by atoms with Crippen LogP contribution in [0.4, 0.5) is 11.4 Å². The van der Waals surface area contributed by atoms with E-state index in [0.29, 0.717) is 23.9 Å². The highest BCUT2D eigenvalue weighted by Gasteiger charge is 2.21. The molecule has 0 radical (unpaired) electrons. The van der Waals surface area contributed by atoms with Gasteiger partial charge >= 0.3 is 0 Å². The summed E-state index contributed by atoms with van der Waals surface area (Å²) in [5, 5.41) is 3.28. The second-order valence-electron chi connectivity index (χ2n) is 5.54. The average Bonchev–Trinajstić information content (AvgIpc) is 2.64. The van der Waals surface area contributed by atoms with Crippen LogP contribution in [0.5, 0.6) is 5.75 Å². The predicted molar refractivity (Wildman–Crippen MR) is 101 cm³/mol. The maximum Gasteiger partial charge on any atom is 0.261 e. The summed E-state index contributed by atoms with van der Waals surface area (Å²) in [6.07, 6.45) is 0. The SMILES string of the molecule is COc1c(Cl)ccc(Cl)c1C(=O)Nc1ccc(N2CCOCC2=O)cc1. The number of halogens is 2. The third-order valence-electron chi connectivity index (χ3n) is 3.91. The van der Waals surface area contributed by atoms with Gasteiger partial charge in [-0.1, -0.05) is 23.2 Å². The number of carbonyl (C=O) groups is 2. The minimum Gasteiger partial charge on any atom is -0.494 e. The summed E-state index contributed by atoms with van der Waals surface area (Å²) >= 11 is 12.2. The lowest BCUT2D eigenvalue weighted by Crippen LogP contribution is -2.41. The van der Waals surface area contributed by atoms with Crippen molar-refractivity contribution in [3.05, 3.63) is 52.0 Å². The van der Waals surface area contributed by atoms with Crippen LogP contribution in [0.3, 0.4) is 0 Å². The molecule has 1 saturated heterocycles. The second-order valence-corrected chi connectivity index (χ2v) is 6.35. The minimum absolute atomic E-state index is 0.0749. The van der Waals surface area contributed by atoms with Crippen molar-refractivity contribution >= 4 is 46.4 Å². The lowest BCUT2D eigenvalue weighted by molar-refractivity contribution is -0.125. The van der Waals surface area contributed by atoms with E-state index in [9.17, 15) is 9.59 Å². The molecule has 1 fully saturated rings. The predicted octanol–water partition coefficient (Wildman–Crippen LogP) is 3.62. The molecule has 0 aromatic heterocycles. The van der Waals surface area contributed by atoms with Gasteiger partial charge in [0, 0.05) is 17.9 Å². The number of morpholine rings is 1. The van der Waals surface area contributed by atoms with Crippen molar-refractivity contribution in [2.75, 3.05) is 37.1 Å². The Morgan fingerprint density at radius 2 is 1.85 bits per heavy atom. The van der Waals surface area contributed by atoms with Crippen molar-refractivity contribution in [1.29, 1.82) is 0 Å². The first-order chi connectivity index (χ1) is 12.5. The molecular weight excluding hydrogens is 379 g/mol. The van der Waals surface area contributed by atoms with Gasteiger partial charge in [0.15, 0.2) is 5.75 Å². The molecule has 2 aromatic rings. The van der Waals surface area contributed by atoms with Gasteiger partial charge in [0.2, 0.25) is 0 Å². The number of benzene rings is 2. The molecule has 0 atom stereocenters. The summed E-state index contributed by atoms with van der Waals surface area (Å²) in [6.45, 7) is 1.07. The normalized spacial score (nSPS) is 14.3. The number of nitrogens with one attached hydrogen (secondary N) is 1. The molecule has 2 aromatic carbocycles. The summed E-state index contributed by atoms with van der Waals surface area (Å²) in [7, 11) is 1.42. The standard InChI is InChI=1S/C18H16Cl2N2O4/c1-25-17-14(20)7-6-13(19)16(17)18(24)21-11-2-4-12(5-3-11)22-8-9-26-10-15(22)23/h2-7H,8-10H2,1H3,(H,21,24). The van der Waals surface area contributed by atoms with E-state index in [1.165, 1.54) is 13.2 Å². The Balaban J connectivity index is 1.78. The smallest absolute Gasteiger partial charge is 0.261 e. The lowest BCUT2D eigenvalue weighted by atomic mass is 10.1. The quantitative estimate of drug-likeness (QED) is 0.859. The molecule has 0 bridgehead atoms. The van der Waals surface area contributed by atoms with Crippen LogP contribution in [0.2, 0.25) is 10.0 Å². The molecule has 1 N–H and O–H groups in total. The topological polar surface area (TPSA) is 67.9 Å². The maximum atomic E-state index is 12.6. The Kier molecular flexibility index (Phi) is 5.66. The van der Waals surface area contributed by atoms with Crippen LogP contribution in [0.1, 0.15) is 10.4 Å². The van der Waals surface area contributed by atoms with Crippen molar-refractivity contribution in [2.24, 2.45) is 0 Å². The number of hydrogen-bond acceptors (Lipinski definition) is 4. The van der Waals surface area contributed by atoms with E-state index in [4.69, 9.17) is 32.7 Å². The summed E-state index contributed by atoms with van der Waals surface area (Å²) in [5.41, 5.74) is 1.46. The first kappa shape index (κ1) is 18.5. The van der Waals surface area contributed by atoms with E-state index in [2.05, 4.69) is 5.32 Å². The second kappa shape index (κ2) is 7.95. The highest BCUT2D eigenvalue weighted by molar-refractivity contribution is 6.37. The molecule has 0 spiro atoms. The summed E-state index contributed by atoms with van der Waals surface area (Å²) in [4.78, 5) is 26.1. The van der Waals surface area contributed by atoms with Gasteiger partial charge in [-0.15, -0.1) is 0 Å². The van der Waals surface area contributed by atoms with Crippen molar-refractivity contribution in [3.8, 4) is 5.75 Å². The molecule has 1 aliphatic heterocycles. The molecule has 136 valence electrons. The highest BCUT2D eigenvalue weighted by Crippen LogP contribution is 2.34. The van der Waals surface area contributed by atoms with Gasteiger partial charge in [0.25, 0.3) is 11.8 Å². The van der Waals surface area contributed by atoms with Crippen LogP contribution in [0.15, 0.2) is 36.4 Å². The number of methoxy groups -OCH3 is 1. The van der Waals surface area contributed by atoms with Crippen molar-refractivity contribution in [3.63, 3.8) is 0 Å². The fourth-order valence-corrected chi connectivity index (χ4v) is 3.12. The molecule has 3 rings (SSSR count). The van der Waals surface area contributed by atoms with Crippen LogP contribution < -0.4 is 15.0 Å². The van der Waals surface area contributed by atoms with E-state index >= 15 is 0 Å². The van der Waals surface area contributed by atoms with E-state index in [-0.39, 0.29) is 28.8 Å². The van der Waals surface area contributed by atoms with Crippen LogP contribution in [-0.2, 0) is 9.53 Å². The molecule has 0 saturated carbocycles. The Labute approximate surface area is 160 Å². The lowest BCUT2D eigenvalue weighted by Gasteiger charge is -2.26. The number of hydrogen-bond donors (Lipinski definition) is 1. The molecule has 2 amide bonds. The van der Waals surface area contributed by atoms with Gasteiger partial charge in [0.05, 0.1) is 23.8 Å². The van der Waals surface area contributed by atoms with E-state index < -0.39 is 5.91 Å². The van der Waals surface area contributed by atoms with Crippen molar-refractivity contribution in [2.45, 2.75) is 0 Å². The molecule has 0 aliphatic carbocycles. The zero-order valence-corrected chi connectivity index (χ0v) is 15.4. The summed E-state index contributed by atoms with van der Waals surface area (Å²) in [5.74, 6) is -0.319. The van der Waals surface area contributed by atoms with Gasteiger partial charge in [-0.05, 0) is 36.4 Å². The molecule has 6 nitrogen and oxygen atoms in total. The van der Waals surface area contributed by atoms with E-state index in [1.807, 2.05) is 0 Å². The number of nitrogens with zero attached hydrogens (tertiary/aromatic N) is 1. The highest BCUT2D eigenvalue weighted by atomic mass is 35.5. The Hall–Kier alpha value is -2.28. The van der Waals surface area contributed by atoms with Crippen molar-refractivity contribution < 1.29 is 19.1 Å². The van der Waals surface area contributed by atoms with E-state index in [1.54, 1.807) is 35.2 Å². The summed E-state index contributed by atoms with van der Waals surface area (Å²) < 4.78 is 10.3. The number of carbonyl (C=O) groups excluding carboxylic acids is 2. The first-order valence-electron chi connectivity index (χ1n) is 7.82. The molecule has 1 aliphatic rings. The number of rotatable bonds is 4. The van der Waals surface area contributed by atoms with Gasteiger partial charge in [-0.25, -0.2) is 0 Å². The Morgan fingerprint density at radius 3 is 2.50 bits per heavy atom. The van der Waals surface area contributed by atoms with Gasteiger partial charge in [-0.3, -0.25) is 9.59 Å². The monoisotopic (exact) mass is 394 g/mol. The molecule has 1 heterocycles. The zero-order chi connectivity index (χ0) is 18.7. The fraction of sp³-hybridized carbons (Fsp3) is 0.222. The Morgan fingerprint density at radius 1 is 1.15 bits per heavy atom. The maximum absolute atomic E-state index is 12.6. The Bertz CT molecular complexity index is 840. The zero-order valence-electron chi connectivity index (χ0n) is 13.9. The van der Waals surface area contributed by atoms with Crippen LogP contribution >= 0.6 is 23.2 Å². The minimum atomic E-state index is -0.440. The average molecular weight is 395 g/mol. The molecule has 8 heteroatoms. The first-order valence-corrected chi connectivity index (χ1v) is 8.58. The third-order valence-corrected chi connectivity index (χ3v) is 4.53. The van der Waals surface area contributed by atoms with Gasteiger partial charge in [-0.2, -0.15) is 0 Å². The number of ether oxygens (including phenoxy) is 2. The molecule has 0 unspecified atom stereocenters. The molecule has 26 heavy (non-hydrogen) atoms.